The van der Waals surface area contributed by atoms with Crippen molar-refractivity contribution in [3.8, 4) is 6.07 Å². The second kappa shape index (κ2) is 6.93. The fourth-order valence-electron chi connectivity index (χ4n) is 2.77. The van der Waals surface area contributed by atoms with Gasteiger partial charge in [0.2, 0.25) is 0 Å². The lowest BCUT2D eigenvalue weighted by atomic mass is 10.0. The number of thiazole rings is 1. The Labute approximate surface area is 140 Å². The van der Waals surface area contributed by atoms with E-state index >= 15 is 0 Å². The van der Waals surface area contributed by atoms with E-state index in [1.54, 1.807) is 11.3 Å². The van der Waals surface area contributed by atoms with Gasteiger partial charge in [-0.15, -0.1) is 11.3 Å². The molecule has 0 radical (unpaired) electrons. The third-order valence-corrected chi connectivity index (χ3v) is 5.08. The number of aryl methyl sites for hydroxylation is 2. The molecule has 2 aromatic heterocycles. The van der Waals surface area contributed by atoms with Gasteiger partial charge >= 0.3 is 0 Å². The van der Waals surface area contributed by atoms with Crippen LogP contribution in [0.25, 0.3) is 21.1 Å². The Hall–Kier alpha value is -2.19. The van der Waals surface area contributed by atoms with Crippen LogP contribution in [0.4, 0.5) is 5.82 Å². The Kier molecular flexibility index (Phi) is 4.73. The zero-order valence-corrected chi connectivity index (χ0v) is 14.1. The molecule has 0 spiro atoms. The predicted molar refractivity (Wildman–Crippen MR) is 96.5 cm³/mol. The van der Waals surface area contributed by atoms with E-state index in [1.165, 1.54) is 5.56 Å². The largest absolute Gasteiger partial charge is 0.382 e. The number of fused-ring (bicyclic) bond motifs is 3. The van der Waals surface area contributed by atoms with Crippen molar-refractivity contribution in [2.24, 2.45) is 0 Å². The molecule has 23 heavy (non-hydrogen) atoms. The van der Waals surface area contributed by atoms with Crippen LogP contribution in [-0.4, -0.2) is 9.97 Å². The minimum atomic E-state index is 0.521. The maximum absolute atomic E-state index is 8.60. The number of nitrogen functional groups attached to an aromatic ring is 1. The number of nitrogens with zero attached hydrogens (tertiary/aromatic N) is 3. The fourth-order valence-corrected chi connectivity index (χ4v) is 3.98. The maximum atomic E-state index is 8.60. The van der Waals surface area contributed by atoms with E-state index < -0.39 is 0 Å². The Morgan fingerprint density at radius 3 is 2.87 bits per heavy atom. The van der Waals surface area contributed by atoms with Gasteiger partial charge in [0.05, 0.1) is 21.3 Å². The van der Waals surface area contributed by atoms with Crippen molar-refractivity contribution in [2.45, 2.75) is 45.4 Å². The number of hydrogen-bond acceptors (Lipinski definition) is 5. The van der Waals surface area contributed by atoms with Crippen LogP contribution in [0.2, 0.25) is 0 Å². The van der Waals surface area contributed by atoms with Gasteiger partial charge in [0.25, 0.3) is 0 Å². The molecule has 0 aliphatic carbocycles. The Morgan fingerprint density at radius 2 is 2.09 bits per heavy atom. The van der Waals surface area contributed by atoms with E-state index in [0.29, 0.717) is 12.2 Å². The molecular formula is C18H20N4S. The molecule has 0 fully saturated rings. The first-order valence-electron chi connectivity index (χ1n) is 8.07. The topological polar surface area (TPSA) is 75.6 Å². The van der Waals surface area contributed by atoms with Crippen LogP contribution in [0.15, 0.2) is 18.2 Å². The second-order valence-corrected chi connectivity index (χ2v) is 6.83. The zero-order chi connectivity index (χ0) is 16.2. The van der Waals surface area contributed by atoms with Gasteiger partial charge < -0.3 is 5.73 Å². The molecule has 118 valence electrons. The van der Waals surface area contributed by atoms with Gasteiger partial charge in [0.15, 0.2) is 5.82 Å². The molecule has 0 atom stereocenters. The van der Waals surface area contributed by atoms with Crippen LogP contribution in [0, 0.1) is 11.3 Å². The van der Waals surface area contributed by atoms with Crippen LogP contribution in [-0.2, 0) is 12.8 Å². The van der Waals surface area contributed by atoms with E-state index in [2.05, 4.69) is 41.2 Å². The van der Waals surface area contributed by atoms with Crippen LogP contribution in [0.1, 0.15) is 43.2 Å². The molecule has 0 aliphatic heterocycles. The van der Waals surface area contributed by atoms with Gasteiger partial charge in [0, 0.05) is 11.8 Å². The van der Waals surface area contributed by atoms with Gasteiger partial charge in [-0.05, 0) is 43.7 Å². The third-order valence-electron chi connectivity index (χ3n) is 3.93. The standard InChI is InChI=1S/C18H20N4S/c1-2-6-15-22-16-17(23-15)13-9-8-12(7-4-3-5-10-19)11-14(13)21-18(16)20/h8-9,11H,2-7H2,1H3,(H2,20,21). The average Bonchev–Trinajstić information content (AvgIpc) is 2.96. The molecule has 4 nitrogen and oxygen atoms in total. The van der Waals surface area contributed by atoms with Crippen molar-refractivity contribution in [3.05, 3.63) is 28.8 Å². The van der Waals surface area contributed by atoms with Crippen molar-refractivity contribution in [1.29, 1.82) is 5.26 Å². The van der Waals surface area contributed by atoms with Gasteiger partial charge in [0.1, 0.15) is 5.52 Å². The number of pyridine rings is 1. The molecule has 0 bridgehead atoms. The SMILES string of the molecule is CCCc1nc2c(N)nc3cc(CCCCC#N)ccc3c2s1. The number of benzene rings is 1. The molecule has 0 saturated carbocycles. The predicted octanol–water partition coefficient (Wildman–Crippen LogP) is 4.62. The fraction of sp³-hybridized carbons (Fsp3) is 0.389. The monoisotopic (exact) mass is 324 g/mol. The van der Waals surface area contributed by atoms with Crippen LogP contribution < -0.4 is 5.73 Å². The first kappa shape index (κ1) is 15.7. The maximum Gasteiger partial charge on any atom is 0.151 e. The van der Waals surface area contributed by atoms with E-state index in [9.17, 15) is 0 Å². The highest BCUT2D eigenvalue weighted by molar-refractivity contribution is 7.19. The van der Waals surface area contributed by atoms with Crippen molar-refractivity contribution in [1.82, 2.24) is 9.97 Å². The minimum absolute atomic E-state index is 0.521. The van der Waals surface area contributed by atoms with Gasteiger partial charge in [-0.1, -0.05) is 19.1 Å². The molecule has 0 saturated heterocycles. The highest BCUT2D eigenvalue weighted by atomic mass is 32.1. The van der Waals surface area contributed by atoms with Gasteiger partial charge in [-0.25, -0.2) is 9.97 Å². The van der Waals surface area contributed by atoms with Crippen LogP contribution in [0.5, 0.6) is 0 Å². The zero-order valence-electron chi connectivity index (χ0n) is 13.3. The number of unbranched alkanes of at least 4 members (excludes halogenated alkanes) is 2. The molecule has 2 N–H and O–H groups in total. The van der Waals surface area contributed by atoms with E-state index in [1.807, 2.05) is 0 Å². The molecule has 3 aromatic rings. The summed E-state index contributed by atoms with van der Waals surface area (Å²) in [5.41, 5.74) is 9.15. The summed E-state index contributed by atoms with van der Waals surface area (Å²) in [6.45, 7) is 2.16. The number of rotatable bonds is 6. The normalized spacial score (nSPS) is 11.1. The molecular weight excluding hydrogens is 304 g/mol. The first-order valence-corrected chi connectivity index (χ1v) is 8.89. The minimum Gasteiger partial charge on any atom is -0.382 e. The molecule has 0 unspecified atom stereocenters. The summed E-state index contributed by atoms with van der Waals surface area (Å²) in [5.74, 6) is 0.521. The second-order valence-electron chi connectivity index (χ2n) is 5.75. The molecule has 1 aromatic carbocycles. The lowest BCUT2D eigenvalue weighted by Gasteiger charge is -2.05. The number of nitrogens with two attached hydrogens (primary N) is 1. The molecule has 5 heteroatoms. The summed E-state index contributed by atoms with van der Waals surface area (Å²) in [7, 11) is 0. The third kappa shape index (κ3) is 3.27. The van der Waals surface area contributed by atoms with Crippen molar-refractivity contribution >= 4 is 38.3 Å². The first-order chi connectivity index (χ1) is 11.2. The van der Waals surface area contributed by atoms with Crippen LogP contribution >= 0.6 is 11.3 Å². The highest BCUT2D eigenvalue weighted by Gasteiger charge is 2.12. The smallest absolute Gasteiger partial charge is 0.151 e. The number of anilines is 1. The number of hydrogen-bond donors (Lipinski definition) is 1. The molecule has 2 heterocycles. The van der Waals surface area contributed by atoms with E-state index in [0.717, 1.165) is 58.2 Å². The van der Waals surface area contributed by atoms with E-state index in [4.69, 9.17) is 11.0 Å². The lowest BCUT2D eigenvalue weighted by molar-refractivity contribution is 0.753. The number of aromatic nitrogens is 2. The molecule has 0 aliphatic rings. The van der Waals surface area contributed by atoms with Gasteiger partial charge in [-0.3, -0.25) is 0 Å². The Bertz CT molecular complexity index is 876. The quantitative estimate of drug-likeness (QED) is 0.671. The molecule has 0 amide bonds. The Balaban J connectivity index is 1.96. The Morgan fingerprint density at radius 1 is 1.22 bits per heavy atom. The van der Waals surface area contributed by atoms with Crippen LogP contribution in [0.3, 0.4) is 0 Å². The van der Waals surface area contributed by atoms with Crippen molar-refractivity contribution < 1.29 is 0 Å². The average molecular weight is 324 g/mol. The summed E-state index contributed by atoms with van der Waals surface area (Å²) in [5, 5.41) is 10.9. The van der Waals surface area contributed by atoms with Crippen molar-refractivity contribution in [2.75, 3.05) is 5.73 Å². The highest BCUT2D eigenvalue weighted by Crippen LogP contribution is 2.33. The summed E-state index contributed by atoms with van der Waals surface area (Å²) in [4.78, 5) is 9.20. The molecule has 3 rings (SSSR count). The van der Waals surface area contributed by atoms with E-state index in [-0.39, 0.29) is 0 Å². The summed E-state index contributed by atoms with van der Waals surface area (Å²) in [6, 6.07) is 8.61. The summed E-state index contributed by atoms with van der Waals surface area (Å²) < 4.78 is 1.15. The van der Waals surface area contributed by atoms with Gasteiger partial charge in [-0.2, -0.15) is 5.26 Å². The number of nitriles is 1. The summed E-state index contributed by atoms with van der Waals surface area (Å²) >= 11 is 1.73. The summed E-state index contributed by atoms with van der Waals surface area (Å²) in [6.07, 6.45) is 5.63. The lowest BCUT2D eigenvalue weighted by Crippen LogP contribution is -1.94. The van der Waals surface area contributed by atoms with Crippen molar-refractivity contribution in [3.63, 3.8) is 0 Å².